The van der Waals surface area contributed by atoms with Gasteiger partial charge in [0, 0.05) is 19.0 Å². The fourth-order valence-corrected chi connectivity index (χ4v) is 1.52. The molecule has 0 bridgehead atoms. The van der Waals surface area contributed by atoms with Crippen molar-refractivity contribution >= 4 is 6.34 Å². The van der Waals surface area contributed by atoms with Gasteiger partial charge in [-0.1, -0.05) is 18.2 Å². The van der Waals surface area contributed by atoms with Crippen molar-refractivity contribution in [3.8, 4) is 0 Å². The van der Waals surface area contributed by atoms with E-state index >= 15 is 0 Å². The Morgan fingerprint density at radius 1 is 1.38 bits per heavy atom. The van der Waals surface area contributed by atoms with E-state index in [1.807, 2.05) is 12.1 Å². The normalized spacial score (nSPS) is 21.2. The second-order valence-corrected chi connectivity index (χ2v) is 3.12. The molecule has 1 aliphatic heterocycles. The van der Waals surface area contributed by atoms with Gasteiger partial charge in [0.25, 0.3) is 0 Å². The quantitative estimate of drug-likeness (QED) is 0.693. The maximum Gasteiger partial charge on any atom is 0.126 e. The molecule has 2 nitrogen and oxygen atoms in total. The molecule has 1 N–H and O–H groups in total. The van der Waals surface area contributed by atoms with Gasteiger partial charge in [0.1, 0.15) is 5.82 Å². The van der Waals surface area contributed by atoms with Crippen LogP contribution in [0.3, 0.4) is 0 Å². The number of nitrogens with one attached hydrogen (secondary N) is 1. The zero-order valence-electron chi connectivity index (χ0n) is 7.20. The maximum absolute atomic E-state index is 13.3. The summed E-state index contributed by atoms with van der Waals surface area (Å²) in [5.74, 6) is 0.0394. The van der Waals surface area contributed by atoms with Crippen LogP contribution in [0.5, 0.6) is 0 Å². The Bertz CT molecular complexity index is 322. The Balaban J connectivity index is 2.24. The first kappa shape index (κ1) is 8.23. The van der Waals surface area contributed by atoms with Crippen LogP contribution >= 0.6 is 0 Å². The Labute approximate surface area is 76.5 Å². The number of hydrogen-bond acceptors (Lipinski definition) is 2. The monoisotopic (exact) mass is 178 g/mol. The minimum absolute atomic E-state index is 0.133. The van der Waals surface area contributed by atoms with Crippen molar-refractivity contribution in [1.82, 2.24) is 5.32 Å². The molecular formula is C10H11FN2. The molecule has 1 aromatic carbocycles. The Kier molecular flexibility index (Phi) is 2.25. The lowest BCUT2D eigenvalue weighted by Crippen LogP contribution is -2.27. The molecule has 0 fully saturated rings. The van der Waals surface area contributed by atoms with Gasteiger partial charge < -0.3 is 5.32 Å². The van der Waals surface area contributed by atoms with Crippen LogP contribution in [0, 0.1) is 5.82 Å². The van der Waals surface area contributed by atoms with Crippen LogP contribution < -0.4 is 5.32 Å². The predicted molar refractivity (Wildman–Crippen MR) is 50.5 cm³/mol. The highest BCUT2D eigenvalue weighted by Crippen LogP contribution is 2.19. The zero-order chi connectivity index (χ0) is 9.10. The largest absolute Gasteiger partial charge is 0.376 e. The summed E-state index contributed by atoms with van der Waals surface area (Å²) in [5.41, 5.74) is 0.756. The van der Waals surface area contributed by atoms with Gasteiger partial charge in [0.05, 0.1) is 6.34 Å². The van der Waals surface area contributed by atoms with Gasteiger partial charge in [0.15, 0.2) is 0 Å². The molecule has 3 heteroatoms. The highest BCUT2D eigenvalue weighted by atomic mass is 19.1. The van der Waals surface area contributed by atoms with Crippen LogP contribution in [0.1, 0.15) is 11.5 Å². The number of rotatable bonds is 1. The van der Waals surface area contributed by atoms with Gasteiger partial charge in [0.2, 0.25) is 0 Å². The molecule has 0 saturated carbocycles. The van der Waals surface area contributed by atoms with Gasteiger partial charge in [-0.2, -0.15) is 0 Å². The van der Waals surface area contributed by atoms with E-state index in [1.165, 1.54) is 6.07 Å². The Morgan fingerprint density at radius 3 is 2.92 bits per heavy atom. The SMILES string of the molecule is Fc1ccccc1C1CN=CNC1. The summed E-state index contributed by atoms with van der Waals surface area (Å²) in [7, 11) is 0. The van der Waals surface area contributed by atoms with Crippen molar-refractivity contribution in [2.75, 3.05) is 13.1 Å². The van der Waals surface area contributed by atoms with Crippen LogP contribution in [0.4, 0.5) is 4.39 Å². The third kappa shape index (κ3) is 1.69. The van der Waals surface area contributed by atoms with Crippen LogP contribution in [-0.2, 0) is 0 Å². The van der Waals surface area contributed by atoms with E-state index in [4.69, 9.17) is 0 Å². The van der Waals surface area contributed by atoms with Gasteiger partial charge in [-0.25, -0.2) is 4.39 Å². The van der Waals surface area contributed by atoms with E-state index in [-0.39, 0.29) is 11.7 Å². The molecule has 0 radical (unpaired) electrons. The van der Waals surface area contributed by atoms with Crippen molar-refractivity contribution in [2.24, 2.45) is 4.99 Å². The van der Waals surface area contributed by atoms with E-state index in [2.05, 4.69) is 10.3 Å². The standard InChI is InChI=1S/C10H11FN2/c11-10-4-2-1-3-9(10)8-5-12-7-13-6-8/h1-4,7-8H,5-6H2,(H,12,13). The first-order valence-electron chi connectivity index (χ1n) is 4.34. The first-order valence-corrected chi connectivity index (χ1v) is 4.34. The number of halogens is 1. The molecule has 0 aliphatic carbocycles. The molecule has 0 amide bonds. The summed E-state index contributed by atoms with van der Waals surface area (Å²) in [5, 5.41) is 3.00. The number of benzene rings is 1. The van der Waals surface area contributed by atoms with Gasteiger partial charge in [-0.15, -0.1) is 0 Å². The van der Waals surface area contributed by atoms with Crippen LogP contribution in [0.15, 0.2) is 29.3 Å². The Hall–Kier alpha value is -1.38. The number of nitrogens with zero attached hydrogens (tertiary/aromatic N) is 1. The number of aliphatic imine (C=N–C) groups is 1. The molecule has 0 aromatic heterocycles. The molecular weight excluding hydrogens is 167 g/mol. The van der Waals surface area contributed by atoms with Gasteiger partial charge >= 0.3 is 0 Å². The van der Waals surface area contributed by atoms with Gasteiger partial charge in [-0.3, -0.25) is 4.99 Å². The molecule has 1 aliphatic rings. The lowest BCUT2D eigenvalue weighted by atomic mass is 9.98. The van der Waals surface area contributed by atoms with E-state index in [0.717, 1.165) is 12.1 Å². The minimum Gasteiger partial charge on any atom is -0.376 e. The summed E-state index contributed by atoms with van der Waals surface area (Å²) < 4.78 is 13.3. The average Bonchev–Trinajstić information content (AvgIpc) is 2.20. The minimum atomic E-state index is -0.133. The number of hydrogen-bond donors (Lipinski definition) is 1. The van der Waals surface area contributed by atoms with E-state index < -0.39 is 0 Å². The molecule has 1 aromatic rings. The van der Waals surface area contributed by atoms with Gasteiger partial charge in [-0.05, 0) is 11.6 Å². The topological polar surface area (TPSA) is 24.4 Å². The summed E-state index contributed by atoms with van der Waals surface area (Å²) in [6, 6.07) is 6.88. The van der Waals surface area contributed by atoms with Crippen molar-refractivity contribution in [2.45, 2.75) is 5.92 Å². The molecule has 0 spiro atoms. The summed E-state index contributed by atoms with van der Waals surface area (Å²) in [6.07, 6.45) is 1.68. The zero-order valence-corrected chi connectivity index (χ0v) is 7.20. The lowest BCUT2D eigenvalue weighted by molar-refractivity contribution is 0.565. The van der Waals surface area contributed by atoms with E-state index in [9.17, 15) is 4.39 Å². The molecule has 2 rings (SSSR count). The average molecular weight is 178 g/mol. The van der Waals surface area contributed by atoms with Crippen LogP contribution in [0.2, 0.25) is 0 Å². The highest BCUT2D eigenvalue weighted by molar-refractivity contribution is 5.55. The predicted octanol–water partition coefficient (Wildman–Crippen LogP) is 1.54. The molecule has 13 heavy (non-hydrogen) atoms. The third-order valence-corrected chi connectivity index (χ3v) is 2.22. The summed E-state index contributed by atoms with van der Waals surface area (Å²) in [4.78, 5) is 4.07. The highest BCUT2D eigenvalue weighted by Gasteiger charge is 2.15. The van der Waals surface area contributed by atoms with Crippen LogP contribution in [-0.4, -0.2) is 19.4 Å². The summed E-state index contributed by atoms with van der Waals surface area (Å²) in [6.45, 7) is 1.44. The second kappa shape index (κ2) is 3.56. The molecule has 1 unspecified atom stereocenters. The van der Waals surface area contributed by atoms with Crippen molar-refractivity contribution in [3.05, 3.63) is 35.6 Å². The smallest absolute Gasteiger partial charge is 0.126 e. The van der Waals surface area contributed by atoms with Crippen LogP contribution in [0.25, 0.3) is 0 Å². The molecule has 0 saturated heterocycles. The molecule has 1 heterocycles. The fraction of sp³-hybridized carbons (Fsp3) is 0.300. The van der Waals surface area contributed by atoms with E-state index in [0.29, 0.717) is 6.54 Å². The Morgan fingerprint density at radius 2 is 2.23 bits per heavy atom. The van der Waals surface area contributed by atoms with E-state index in [1.54, 1.807) is 12.4 Å². The fourth-order valence-electron chi connectivity index (χ4n) is 1.52. The van der Waals surface area contributed by atoms with Crippen molar-refractivity contribution in [3.63, 3.8) is 0 Å². The summed E-state index contributed by atoms with van der Waals surface area (Å²) >= 11 is 0. The maximum atomic E-state index is 13.3. The first-order chi connectivity index (χ1) is 6.38. The van der Waals surface area contributed by atoms with Crippen molar-refractivity contribution in [1.29, 1.82) is 0 Å². The second-order valence-electron chi connectivity index (χ2n) is 3.12. The molecule has 68 valence electrons. The third-order valence-electron chi connectivity index (χ3n) is 2.22. The molecule has 1 atom stereocenters. The van der Waals surface area contributed by atoms with Crippen molar-refractivity contribution < 1.29 is 4.39 Å². The lowest BCUT2D eigenvalue weighted by Gasteiger charge is -2.18.